The fraction of sp³-hybridized carbons (Fsp3) is 0.222. The summed E-state index contributed by atoms with van der Waals surface area (Å²) in [5, 5.41) is 2.58. The van der Waals surface area contributed by atoms with Gasteiger partial charge in [-0.05, 0) is 23.8 Å². The summed E-state index contributed by atoms with van der Waals surface area (Å²) in [6.07, 6.45) is -0.463. The van der Waals surface area contributed by atoms with E-state index in [2.05, 4.69) is 21.2 Å². The van der Waals surface area contributed by atoms with Crippen LogP contribution < -0.4 is 5.32 Å². The van der Waals surface area contributed by atoms with Crippen LogP contribution in [0.4, 0.5) is 9.18 Å². The third-order valence-electron chi connectivity index (χ3n) is 1.96. The van der Waals surface area contributed by atoms with Crippen LogP contribution in [0.25, 0.3) is 0 Å². The molecule has 3 nitrogen and oxygen atoms in total. The molecule has 15 heavy (non-hydrogen) atoms. The van der Waals surface area contributed by atoms with E-state index in [9.17, 15) is 9.18 Å². The molecule has 0 spiro atoms. The van der Waals surface area contributed by atoms with Crippen molar-refractivity contribution in [3.05, 3.63) is 34.1 Å². The highest BCUT2D eigenvalue weighted by molar-refractivity contribution is 9.10. The predicted molar refractivity (Wildman–Crippen MR) is 58.6 cm³/mol. The second-order valence-electron chi connectivity index (χ2n) is 3.00. The zero-order chi connectivity index (χ0) is 10.1. The standard InChI is InChI=1S/C9H7BrFNO2.ClH/c10-6-1-5(2-7(11)3-6)8-4-14-9(13)12-8;/h1-3,8H,4H2,(H,12,13);1H/t8-;/m0./s1. The largest absolute Gasteiger partial charge is 0.447 e. The molecule has 1 amide bonds. The van der Waals surface area contributed by atoms with E-state index in [4.69, 9.17) is 4.74 Å². The zero-order valence-corrected chi connectivity index (χ0v) is 9.90. The van der Waals surface area contributed by atoms with E-state index >= 15 is 0 Å². The first-order valence-electron chi connectivity index (χ1n) is 4.04. The minimum atomic E-state index is -0.463. The highest BCUT2D eigenvalue weighted by atomic mass is 79.9. The number of ether oxygens (including phenoxy) is 1. The summed E-state index contributed by atoms with van der Waals surface area (Å²) in [7, 11) is 0. The van der Waals surface area contributed by atoms with Gasteiger partial charge in [-0.15, -0.1) is 12.4 Å². The number of rotatable bonds is 1. The first-order chi connectivity index (χ1) is 6.65. The zero-order valence-electron chi connectivity index (χ0n) is 7.50. The van der Waals surface area contributed by atoms with E-state index in [1.54, 1.807) is 6.07 Å². The van der Waals surface area contributed by atoms with Crippen LogP contribution in [-0.2, 0) is 4.74 Å². The van der Waals surface area contributed by atoms with Crippen molar-refractivity contribution in [3.63, 3.8) is 0 Å². The van der Waals surface area contributed by atoms with E-state index in [0.717, 1.165) is 0 Å². The molecule has 1 fully saturated rings. The Kier molecular flexibility index (Phi) is 3.93. The Morgan fingerprint density at radius 2 is 2.20 bits per heavy atom. The van der Waals surface area contributed by atoms with Crippen LogP contribution in [0.1, 0.15) is 11.6 Å². The molecular weight excluding hydrogens is 288 g/mol. The molecule has 1 atom stereocenters. The highest BCUT2D eigenvalue weighted by Gasteiger charge is 2.24. The van der Waals surface area contributed by atoms with Crippen LogP contribution >= 0.6 is 28.3 Å². The Bertz CT molecular complexity index is 368. The van der Waals surface area contributed by atoms with Crippen LogP contribution in [0.5, 0.6) is 0 Å². The predicted octanol–water partition coefficient (Wildman–Crippen LogP) is 2.79. The quantitative estimate of drug-likeness (QED) is 0.865. The number of hydrogen-bond acceptors (Lipinski definition) is 2. The Labute approximate surface area is 101 Å². The average molecular weight is 297 g/mol. The summed E-state index contributed by atoms with van der Waals surface area (Å²) in [5.41, 5.74) is 0.697. The number of cyclic esters (lactones) is 1. The molecule has 0 saturated carbocycles. The van der Waals surface area contributed by atoms with Crippen LogP contribution in [-0.4, -0.2) is 12.7 Å². The van der Waals surface area contributed by atoms with Gasteiger partial charge < -0.3 is 10.1 Å². The number of halogens is 3. The lowest BCUT2D eigenvalue weighted by Gasteiger charge is -2.07. The minimum Gasteiger partial charge on any atom is -0.447 e. The molecule has 1 saturated heterocycles. The fourth-order valence-corrected chi connectivity index (χ4v) is 1.82. The molecular formula is C9H8BrClFNO2. The summed E-state index contributed by atoms with van der Waals surface area (Å²) in [6.45, 7) is 0.245. The molecule has 1 heterocycles. The van der Waals surface area contributed by atoms with Gasteiger partial charge in [-0.3, -0.25) is 0 Å². The smallest absolute Gasteiger partial charge is 0.407 e. The molecule has 0 radical (unpaired) electrons. The Hall–Kier alpha value is -0.810. The summed E-state index contributed by atoms with van der Waals surface area (Å²) >= 11 is 3.18. The van der Waals surface area contributed by atoms with Crippen molar-refractivity contribution in [1.82, 2.24) is 5.32 Å². The van der Waals surface area contributed by atoms with Crippen molar-refractivity contribution in [2.24, 2.45) is 0 Å². The van der Waals surface area contributed by atoms with E-state index in [1.165, 1.54) is 12.1 Å². The maximum Gasteiger partial charge on any atom is 0.407 e. The van der Waals surface area contributed by atoms with E-state index in [-0.39, 0.29) is 30.9 Å². The maximum absolute atomic E-state index is 13.0. The lowest BCUT2D eigenvalue weighted by Crippen LogP contribution is -2.18. The van der Waals surface area contributed by atoms with Gasteiger partial charge in [0.2, 0.25) is 0 Å². The highest BCUT2D eigenvalue weighted by Crippen LogP contribution is 2.23. The molecule has 1 aromatic rings. The van der Waals surface area contributed by atoms with Gasteiger partial charge in [0, 0.05) is 4.47 Å². The van der Waals surface area contributed by atoms with Crippen molar-refractivity contribution in [2.45, 2.75) is 6.04 Å². The summed E-state index contributed by atoms with van der Waals surface area (Å²) in [4.78, 5) is 10.8. The molecule has 0 bridgehead atoms. The molecule has 1 aromatic carbocycles. The summed E-state index contributed by atoms with van der Waals surface area (Å²) < 4.78 is 18.4. The van der Waals surface area contributed by atoms with E-state index < -0.39 is 6.09 Å². The SMILES string of the molecule is Cl.O=C1N[C@H](c2cc(F)cc(Br)c2)CO1. The van der Waals surface area contributed by atoms with Crippen LogP contribution in [0.15, 0.2) is 22.7 Å². The number of alkyl carbamates (subject to hydrolysis) is 1. The molecule has 1 aliphatic rings. The average Bonchev–Trinajstić information content (AvgIpc) is 2.50. The summed E-state index contributed by atoms with van der Waals surface area (Å²) in [6, 6.07) is 4.24. The third kappa shape index (κ3) is 2.82. The normalized spacial score (nSPS) is 19.1. The monoisotopic (exact) mass is 295 g/mol. The summed E-state index contributed by atoms with van der Waals surface area (Å²) in [5.74, 6) is -0.337. The second kappa shape index (κ2) is 4.81. The lowest BCUT2D eigenvalue weighted by molar-refractivity contribution is 0.177. The van der Waals surface area contributed by atoms with E-state index in [0.29, 0.717) is 10.0 Å². The fourth-order valence-electron chi connectivity index (χ4n) is 1.34. The Morgan fingerprint density at radius 3 is 2.73 bits per heavy atom. The van der Waals surface area contributed by atoms with Crippen molar-refractivity contribution >= 4 is 34.4 Å². The van der Waals surface area contributed by atoms with Crippen LogP contribution in [0, 0.1) is 5.82 Å². The molecule has 82 valence electrons. The number of benzene rings is 1. The van der Waals surface area contributed by atoms with Gasteiger partial charge in [0.1, 0.15) is 12.4 Å². The Morgan fingerprint density at radius 1 is 1.47 bits per heavy atom. The van der Waals surface area contributed by atoms with Crippen molar-refractivity contribution in [3.8, 4) is 0 Å². The van der Waals surface area contributed by atoms with E-state index in [1.807, 2.05) is 0 Å². The number of carbonyl (C=O) groups excluding carboxylic acids is 1. The van der Waals surface area contributed by atoms with Gasteiger partial charge in [0.05, 0.1) is 6.04 Å². The molecule has 6 heteroatoms. The molecule has 2 rings (SSSR count). The van der Waals surface area contributed by atoms with Crippen molar-refractivity contribution in [1.29, 1.82) is 0 Å². The van der Waals surface area contributed by atoms with Gasteiger partial charge in [-0.25, -0.2) is 9.18 Å². The first-order valence-corrected chi connectivity index (χ1v) is 4.84. The van der Waals surface area contributed by atoms with Gasteiger partial charge in [0.25, 0.3) is 0 Å². The number of nitrogens with one attached hydrogen (secondary N) is 1. The van der Waals surface area contributed by atoms with Crippen LogP contribution in [0.2, 0.25) is 0 Å². The number of hydrogen-bond donors (Lipinski definition) is 1. The Balaban J connectivity index is 0.00000112. The van der Waals surface area contributed by atoms with Gasteiger partial charge in [-0.2, -0.15) is 0 Å². The third-order valence-corrected chi connectivity index (χ3v) is 2.42. The molecule has 1 N–H and O–H groups in total. The lowest BCUT2D eigenvalue weighted by atomic mass is 10.1. The van der Waals surface area contributed by atoms with Gasteiger partial charge in [0.15, 0.2) is 0 Å². The maximum atomic E-state index is 13.0. The van der Waals surface area contributed by atoms with Crippen LogP contribution in [0.3, 0.4) is 0 Å². The number of amides is 1. The van der Waals surface area contributed by atoms with Crippen molar-refractivity contribution in [2.75, 3.05) is 6.61 Å². The van der Waals surface area contributed by atoms with Gasteiger partial charge >= 0.3 is 6.09 Å². The molecule has 0 unspecified atom stereocenters. The molecule has 1 aliphatic heterocycles. The number of carbonyl (C=O) groups is 1. The topological polar surface area (TPSA) is 38.3 Å². The molecule has 0 aliphatic carbocycles. The van der Waals surface area contributed by atoms with Crippen molar-refractivity contribution < 1.29 is 13.9 Å². The molecule has 0 aromatic heterocycles. The minimum absolute atomic E-state index is 0. The second-order valence-corrected chi connectivity index (χ2v) is 3.91. The van der Waals surface area contributed by atoms with Gasteiger partial charge in [-0.1, -0.05) is 15.9 Å². The first kappa shape index (κ1) is 12.3.